The number of furan rings is 1. The van der Waals surface area contributed by atoms with Gasteiger partial charge in [0.25, 0.3) is 5.91 Å². The van der Waals surface area contributed by atoms with Crippen LogP contribution >= 0.6 is 0 Å². The lowest BCUT2D eigenvalue weighted by Gasteiger charge is -2.11. The summed E-state index contributed by atoms with van der Waals surface area (Å²) in [5.74, 6) is -0.0794. The summed E-state index contributed by atoms with van der Waals surface area (Å²) < 4.78 is 24.1. The third-order valence-electron chi connectivity index (χ3n) is 4.78. The van der Waals surface area contributed by atoms with Gasteiger partial charge in [0.2, 0.25) is 0 Å². The SMILES string of the molecule is C=CCOC(=O)c1ccc(-c2ccc(C=C3C(=O)N(c4ccc(F)cc4)N=C3C)o2)cc1. The van der Waals surface area contributed by atoms with E-state index in [1.807, 2.05) is 0 Å². The summed E-state index contributed by atoms with van der Waals surface area (Å²) in [4.78, 5) is 24.7. The smallest absolute Gasteiger partial charge is 0.338 e. The molecule has 0 fully saturated rings. The largest absolute Gasteiger partial charge is 0.458 e. The van der Waals surface area contributed by atoms with Gasteiger partial charge in [-0.2, -0.15) is 10.1 Å². The molecule has 0 atom stereocenters. The molecule has 0 radical (unpaired) electrons. The highest BCUT2D eigenvalue weighted by molar-refractivity contribution is 6.32. The van der Waals surface area contributed by atoms with Crippen molar-refractivity contribution in [3.05, 3.63) is 96.0 Å². The Morgan fingerprint density at radius 2 is 1.84 bits per heavy atom. The van der Waals surface area contributed by atoms with Gasteiger partial charge in [-0.05, 0) is 61.5 Å². The standard InChI is InChI=1S/C25H19FN2O4/c1-3-14-31-25(30)18-6-4-17(5-7-18)23-13-12-21(32-23)15-22-16(2)27-28(24(22)29)20-10-8-19(26)9-11-20/h3-13,15H,1,14H2,2H3. The fourth-order valence-corrected chi connectivity index (χ4v) is 3.16. The number of amides is 1. The predicted octanol–water partition coefficient (Wildman–Crippen LogP) is 5.23. The molecule has 0 unspecified atom stereocenters. The van der Waals surface area contributed by atoms with Gasteiger partial charge in [0, 0.05) is 5.56 Å². The number of benzene rings is 2. The Kier molecular flexibility index (Phi) is 5.81. The Labute approximate surface area is 183 Å². The fourth-order valence-electron chi connectivity index (χ4n) is 3.16. The number of anilines is 1. The van der Waals surface area contributed by atoms with E-state index in [1.54, 1.807) is 49.4 Å². The van der Waals surface area contributed by atoms with Crippen molar-refractivity contribution < 1.29 is 23.1 Å². The van der Waals surface area contributed by atoms with E-state index in [1.165, 1.54) is 35.4 Å². The van der Waals surface area contributed by atoms with Gasteiger partial charge in [-0.15, -0.1) is 0 Å². The fraction of sp³-hybridized carbons (Fsp3) is 0.0800. The minimum Gasteiger partial charge on any atom is -0.458 e. The number of nitrogens with zero attached hydrogens (tertiary/aromatic N) is 2. The summed E-state index contributed by atoms with van der Waals surface area (Å²) in [5, 5.41) is 5.51. The van der Waals surface area contributed by atoms with Crippen molar-refractivity contribution in [1.29, 1.82) is 0 Å². The van der Waals surface area contributed by atoms with E-state index in [2.05, 4.69) is 11.7 Å². The predicted molar refractivity (Wildman–Crippen MR) is 120 cm³/mol. The molecule has 0 saturated heterocycles. The maximum atomic E-state index is 13.2. The third kappa shape index (κ3) is 4.27. The van der Waals surface area contributed by atoms with E-state index in [9.17, 15) is 14.0 Å². The van der Waals surface area contributed by atoms with Gasteiger partial charge in [0.05, 0.1) is 22.5 Å². The molecule has 0 N–H and O–H groups in total. The van der Waals surface area contributed by atoms with Crippen molar-refractivity contribution in [2.24, 2.45) is 5.10 Å². The first-order valence-electron chi connectivity index (χ1n) is 9.82. The molecule has 0 aliphatic carbocycles. The number of ether oxygens (including phenoxy) is 1. The summed E-state index contributed by atoms with van der Waals surface area (Å²) in [7, 11) is 0. The molecule has 1 aromatic heterocycles. The Morgan fingerprint density at radius 3 is 2.53 bits per heavy atom. The number of halogens is 1. The first-order chi connectivity index (χ1) is 15.5. The molecule has 1 aliphatic rings. The summed E-state index contributed by atoms with van der Waals surface area (Å²) in [6.45, 7) is 5.39. The average molecular weight is 430 g/mol. The summed E-state index contributed by atoms with van der Waals surface area (Å²) in [6, 6.07) is 15.9. The second kappa shape index (κ2) is 8.85. The lowest BCUT2D eigenvalue weighted by Crippen LogP contribution is -2.21. The van der Waals surface area contributed by atoms with Crippen LogP contribution in [0.4, 0.5) is 10.1 Å². The average Bonchev–Trinajstić information content (AvgIpc) is 3.38. The second-order valence-corrected chi connectivity index (χ2v) is 7.00. The molecule has 160 valence electrons. The number of hydrazone groups is 1. The summed E-state index contributed by atoms with van der Waals surface area (Å²) in [5.41, 5.74) is 2.58. The van der Waals surface area contributed by atoms with Crippen molar-refractivity contribution in [3.63, 3.8) is 0 Å². The first kappa shape index (κ1) is 21.0. The maximum absolute atomic E-state index is 13.2. The van der Waals surface area contributed by atoms with Crippen molar-refractivity contribution in [2.75, 3.05) is 11.6 Å². The molecule has 3 aromatic rings. The van der Waals surface area contributed by atoms with E-state index in [0.29, 0.717) is 34.1 Å². The molecule has 6 nitrogen and oxygen atoms in total. The Bertz CT molecular complexity index is 1240. The van der Waals surface area contributed by atoms with E-state index < -0.39 is 5.97 Å². The van der Waals surface area contributed by atoms with Crippen LogP contribution in [0.1, 0.15) is 23.0 Å². The molecule has 7 heteroatoms. The topological polar surface area (TPSA) is 72.1 Å². The molecule has 2 heterocycles. The van der Waals surface area contributed by atoms with Crippen LogP contribution in [0.15, 0.2) is 88.4 Å². The number of esters is 1. The zero-order valence-electron chi connectivity index (χ0n) is 17.2. The van der Waals surface area contributed by atoms with Crippen LogP contribution in [0.25, 0.3) is 17.4 Å². The maximum Gasteiger partial charge on any atom is 0.338 e. The van der Waals surface area contributed by atoms with Crippen molar-refractivity contribution in [3.8, 4) is 11.3 Å². The van der Waals surface area contributed by atoms with E-state index >= 15 is 0 Å². The third-order valence-corrected chi connectivity index (χ3v) is 4.78. The van der Waals surface area contributed by atoms with Crippen molar-refractivity contribution >= 4 is 29.4 Å². The summed E-state index contributed by atoms with van der Waals surface area (Å²) in [6.07, 6.45) is 3.13. The van der Waals surface area contributed by atoms with Crippen LogP contribution < -0.4 is 5.01 Å². The highest BCUT2D eigenvalue weighted by Crippen LogP contribution is 2.28. The zero-order valence-corrected chi connectivity index (χ0v) is 17.2. The molecule has 0 spiro atoms. The molecule has 1 amide bonds. The van der Waals surface area contributed by atoms with Crippen LogP contribution in [0.5, 0.6) is 0 Å². The van der Waals surface area contributed by atoms with Gasteiger partial charge in [0.1, 0.15) is 23.9 Å². The van der Waals surface area contributed by atoms with Crippen LogP contribution in [0, 0.1) is 5.82 Å². The van der Waals surface area contributed by atoms with Crippen molar-refractivity contribution in [1.82, 2.24) is 0 Å². The molecular formula is C25H19FN2O4. The molecule has 1 aliphatic heterocycles. The monoisotopic (exact) mass is 430 g/mol. The number of carbonyl (C=O) groups is 2. The minimum atomic E-state index is -0.429. The Morgan fingerprint density at radius 1 is 1.12 bits per heavy atom. The number of carbonyl (C=O) groups excluding carboxylic acids is 2. The van der Waals surface area contributed by atoms with Gasteiger partial charge < -0.3 is 9.15 Å². The lowest BCUT2D eigenvalue weighted by atomic mass is 10.1. The first-order valence-corrected chi connectivity index (χ1v) is 9.82. The molecule has 32 heavy (non-hydrogen) atoms. The van der Waals surface area contributed by atoms with E-state index in [-0.39, 0.29) is 18.3 Å². The van der Waals surface area contributed by atoms with Gasteiger partial charge in [-0.3, -0.25) is 4.79 Å². The van der Waals surface area contributed by atoms with Gasteiger partial charge >= 0.3 is 5.97 Å². The van der Waals surface area contributed by atoms with Crippen molar-refractivity contribution in [2.45, 2.75) is 6.92 Å². The quantitative estimate of drug-likeness (QED) is 0.305. The number of hydrogen-bond donors (Lipinski definition) is 0. The van der Waals surface area contributed by atoms with Gasteiger partial charge in [0.15, 0.2) is 0 Å². The van der Waals surface area contributed by atoms with Crippen LogP contribution in [-0.4, -0.2) is 24.2 Å². The Balaban J connectivity index is 1.52. The van der Waals surface area contributed by atoms with Gasteiger partial charge in [-0.1, -0.05) is 24.8 Å². The number of hydrogen-bond acceptors (Lipinski definition) is 5. The Hall–Kier alpha value is -4.26. The van der Waals surface area contributed by atoms with Crippen LogP contribution in [0.3, 0.4) is 0 Å². The normalized spacial score (nSPS) is 14.6. The molecule has 2 aromatic carbocycles. The highest BCUT2D eigenvalue weighted by Gasteiger charge is 2.29. The molecule has 4 rings (SSSR count). The van der Waals surface area contributed by atoms with Crippen LogP contribution in [-0.2, 0) is 9.53 Å². The van der Waals surface area contributed by atoms with Gasteiger partial charge in [-0.25, -0.2) is 9.18 Å². The highest BCUT2D eigenvalue weighted by atomic mass is 19.1. The van der Waals surface area contributed by atoms with E-state index in [0.717, 1.165) is 5.56 Å². The van der Waals surface area contributed by atoms with E-state index in [4.69, 9.17) is 9.15 Å². The minimum absolute atomic E-state index is 0.150. The molecule has 0 bridgehead atoms. The zero-order chi connectivity index (χ0) is 22.7. The molecule has 0 saturated carbocycles. The van der Waals surface area contributed by atoms with Crippen LogP contribution in [0.2, 0.25) is 0 Å². The number of rotatable bonds is 6. The molecular weight excluding hydrogens is 411 g/mol. The summed E-state index contributed by atoms with van der Waals surface area (Å²) >= 11 is 0. The second-order valence-electron chi connectivity index (χ2n) is 7.00. The lowest BCUT2D eigenvalue weighted by molar-refractivity contribution is -0.114.